The van der Waals surface area contributed by atoms with Crippen molar-refractivity contribution in [3.05, 3.63) is 64.7 Å². The first-order chi connectivity index (χ1) is 9.26. The van der Waals surface area contributed by atoms with E-state index in [9.17, 15) is 4.79 Å². The third-order valence-corrected chi connectivity index (χ3v) is 3.36. The average Bonchev–Trinajstić information content (AvgIpc) is 2.46. The molecule has 0 fully saturated rings. The molecule has 0 radical (unpaired) electrons. The fourth-order valence-corrected chi connectivity index (χ4v) is 2.41. The zero-order valence-corrected chi connectivity index (χ0v) is 11.6. The molecule has 98 valence electrons. The van der Waals surface area contributed by atoms with Crippen LogP contribution in [0, 0.1) is 0 Å². The summed E-state index contributed by atoms with van der Waals surface area (Å²) in [5, 5.41) is 0.613. The van der Waals surface area contributed by atoms with Gasteiger partial charge in [0.2, 0.25) is 0 Å². The monoisotopic (exact) mass is 273 g/mol. The highest BCUT2D eigenvalue weighted by Gasteiger charge is 2.13. The molecule has 0 aliphatic carbocycles. The van der Waals surface area contributed by atoms with Gasteiger partial charge >= 0.3 is 0 Å². The summed E-state index contributed by atoms with van der Waals surface area (Å²) in [5.41, 5.74) is 2.64. The van der Waals surface area contributed by atoms with Crippen molar-refractivity contribution in [2.45, 2.75) is 13.5 Å². The highest BCUT2D eigenvalue weighted by atomic mass is 35.5. The Hall–Kier alpha value is -1.80. The lowest BCUT2D eigenvalue weighted by atomic mass is 10.1. The van der Waals surface area contributed by atoms with Crippen molar-refractivity contribution in [1.82, 2.24) is 0 Å². The van der Waals surface area contributed by atoms with Crippen LogP contribution < -0.4 is 4.90 Å². The van der Waals surface area contributed by atoms with Gasteiger partial charge in [0.25, 0.3) is 0 Å². The standard InChI is InChI=1S/C16H16ClNO/c1-2-18(11-13-7-4-3-5-8-13)16-14(12-19)9-6-10-15(16)17/h3-10,12H,2,11H2,1H3. The minimum atomic E-state index is 0.613. The molecule has 2 aromatic carbocycles. The van der Waals surface area contributed by atoms with Gasteiger partial charge in [-0.1, -0.05) is 48.0 Å². The first kappa shape index (κ1) is 13.6. The molecule has 3 heteroatoms. The Morgan fingerprint density at radius 2 is 1.84 bits per heavy atom. The molecule has 2 aromatic rings. The van der Waals surface area contributed by atoms with Crippen LogP contribution in [-0.4, -0.2) is 12.8 Å². The van der Waals surface area contributed by atoms with Crippen molar-refractivity contribution in [1.29, 1.82) is 0 Å². The number of aldehydes is 1. The number of nitrogens with zero attached hydrogens (tertiary/aromatic N) is 1. The third-order valence-electron chi connectivity index (χ3n) is 3.06. The normalized spacial score (nSPS) is 10.2. The quantitative estimate of drug-likeness (QED) is 0.762. The van der Waals surface area contributed by atoms with Gasteiger partial charge in [0.05, 0.1) is 10.7 Å². The molecule has 0 aliphatic heterocycles. The molecule has 0 heterocycles. The predicted octanol–water partition coefficient (Wildman–Crippen LogP) is 4.18. The first-order valence-electron chi connectivity index (χ1n) is 6.28. The zero-order chi connectivity index (χ0) is 13.7. The maximum absolute atomic E-state index is 11.2. The second-order valence-corrected chi connectivity index (χ2v) is 4.70. The first-order valence-corrected chi connectivity index (χ1v) is 6.66. The number of carbonyl (C=O) groups is 1. The number of para-hydroxylation sites is 1. The number of benzene rings is 2. The van der Waals surface area contributed by atoms with Gasteiger partial charge in [0.15, 0.2) is 6.29 Å². The van der Waals surface area contributed by atoms with E-state index >= 15 is 0 Å². The fraction of sp³-hybridized carbons (Fsp3) is 0.188. The molecule has 0 atom stereocenters. The van der Waals surface area contributed by atoms with Crippen molar-refractivity contribution in [2.75, 3.05) is 11.4 Å². The van der Waals surface area contributed by atoms with Gasteiger partial charge < -0.3 is 4.90 Å². The van der Waals surface area contributed by atoms with Gasteiger partial charge in [-0.3, -0.25) is 4.79 Å². The molecular formula is C16H16ClNO. The zero-order valence-electron chi connectivity index (χ0n) is 10.8. The third kappa shape index (κ3) is 3.15. The van der Waals surface area contributed by atoms with Crippen LogP contribution >= 0.6 is 11.6 Å². The van der Waals surface area contributed by atoms with Crippen LogP contribution in [-0.2, 0) is 6.54 Å². The van der Waals surface area contributed by atoms with Crippen molar-refractivity contribution in [3.63, 3.8) is 0 Å². The van der Waals surface area contributed by atoms with E-state index in [0.29, 0.717) is 10.6 Å². The largest absolute Gasteiger partial charge is 0.366 e. The maximum Gasteiger partial charge on any atom is 0.152 e. The highest BCUT2D eigenvalue weighted by Crippen LogP contribution is 2.30. The number of hydrogen-bond donors (Lipinski definition) is 0. The average molecular weight is 274 g/mol. The van der Waals surface area contributed by atoms with Gasteiger partial charge in [-0.2, -0.15) is 0 Å². The molecule has 0 N–H and O–H groups in total. The Labute approximate surface area is 118 Å². The summed E-state index contributed by atoms with van der Waals surface area (Å²) in [5.74, 6) is 0. The van der Waals surface area contributed by atoms with E-state index in [1.807, 2.05) is 24.3 Å². The van der Waals surface area contributed by atoms with Crippen molar-refractivity contribution in [2.24, 2.45) is 0 Å². The van der Waals surface area contributed by atoms with Crippen LogP contribution in [0.15, 0.2) is 48.5 Å². The molecule has 2 rings (SSSR count). The second-order valence-electron chi connectivity index (χ2n) is 4.30. The minimum absolute atomic E-state index is 0.613. The van der Waals surface area contributed by atoms with E-state index < -0.39 is 0 Å². The number of carbonyl (C=O) groups excluding carboxylic acids is 1. The van der Waals surface area contributed by atoms with Crippen molar-refractivity contribution >= 4 is 23.6 Å². The van der Waals surface area contributed by atoms with E-state index in [1.54, 1.807) is 12.1 Å². The Kier molecular flexibility index (Phi) is 4.58. The van der Waals surface area contributed by atoms with Crippen LogP contribution in [0.5, 0.6) is 0 Å². The van der Waals surface area contributed by atoms with E-state index in [0.717, 1.165) is 25.1 Å². The van der Waals surface area contributed by atoms with Crippen LogP contribution in [0.25, 0.3) is 0 Å². The van der Waals surface area contributed by atoms with Crippen LogP contribution in [0.1, 0.15) is 22.8 Å². The lowest BCUT2D eigenvalue weighted by molar-refractivity contribution is 0.112. The smallest absolute Gasteiger partial charge is 0.152 e. The lowest BCUT2D eigenvalue weighted by Crippen LogP contribution is -2.23. The number of rotatable bonds is 5. The Morgan fingerprint density at radius 1 is 1.11 bits per heavy atom. The summed E-state index contributed by atoms with van der Waals surface area (Å²) in [6.45, 7) is 3.59. The molecule has 0 aromatic heterocycles. The Balaban J connectivity index is 2.35. The fourth-order valence-electron chi connectivity index (χ4n) is 2.11. The molecule has 19 heavy (non-hydrogen) atoms. The summed E-state index contributed by atoms with van der Waals surface area (Å²) in [6, 6.07) is 15.6. The summed E-state index contributed by atoms with van der Waals surface area (Å²) < 4.78 is 0. The predicted molar refractivity (Wildman–Crippen MR) is 80.0 cm³/mol. The Morgan fingerprint density at radius 3 is 2.47 bits per heavy atom. The highest BCUT2D eigenvalue weighted by molar-refractivity contribution is 6.33. The van der Waals surface area contributed by atoms with Crippen LogP contribution in [0.3, 0.4) is 0 Å². The molecule has 0 spiro atoms. The Bertz CT molecular complexity index is 554. The lowest BCUT2D eigenvalue weighted by Gasteiger charge is -2.25. The van der Waals surface area contributed by atoms with E-state index in [2.05, 4.69) is 24.0 Å². The second kappa shape index (κ2) is 6.39. The molecular weight excluding hydrogens is 258 g/mol. The summed E-state index contributed by atoms with van der Waals surface area (Å²) in [7, 11) is 0. The number of halogens is 1. The minimum Gasteiger partial charge on any atom is -0.366 e. The number of hydrogen-bond acceptors (Lipinski definition) is 2. The van der Waals surface area contributed by atoms with Gasteiger partial charge in [0.1, 0.15) is 0 Å². The summed E-state index contributed by atoms with van der Waals surface area (Å²) in [6.07, 6.45) is 0.856. The van der Waals surface area contributed by atoms with Gasteiger partial charge in [-0.15, -0.1) is 0 Å². The van der Waals surface area contributed by atoms with Gasteiger partial charge in [0, 0.05) is 18.7 Å². The van der Waals surface area contributed by atoms with E-state index in [-0.39, 0.29) is 0 Å². The molecule has 0 bridgehead atoms. The van der Waals surface area contributed by atoms with Gasteiger partial charge in [-0.05, 0) is 24.6 Å². The van der Waals surface area contributed by atoms with Crippen LogP contribution in [0.4, 0.5) is 5.69 Å². The molecule has 0 saturated heterocycles. The molecule has 0 saturated carbocycles. The molecule has 2 nitrogen and oxygen atoms in total. The maximum atomic E-state index is 11.2. The number of anilines is 1. The summed E-state index contributed by atoms with van der Waals surface area (Å²) >= 11 is 6.25. The van der Waals surface area contributed by atoms with Gasteiger partial charge in [-0.25, -0.2) is 0 Å². The summed E-state index contributed by atoms with van der Waals surface area (Å²) in [4.78, 5) is 13.3. The molecule has 0 unspecified atom stereocenters. The molecule has 0 amide bonds. The van der Waals surface area contributed by atoms with Crippen molar-refractivity contribution in [3.8, 4) is 0 Å². The SMILES string of the molecule is CCN(Cc1ccccc1)c1c(Cl)cccc1C=O. The van der Waals surface area contributed by atoms with Crippen LogP contribution in [0.2, 0.25) is 5.02 Å². The van der Waals surface area contributed by atoms with Crippen molar-refractivity contribution < 1.29 is 4.79 Å². The topological polar surface area (TPSA) is 20.3 Å². The van der Waals surface area contributed by atoms with E-state index in [4.69, 9.17) is 11.6 Å². The molecule has 0 aliphatic rings. The van der Waals surface area contributed by atoms with E-state index in [1.165, 1.54) is 5.56 Å².